The van der Waals surface area contributed by atoms with Crippen molar-refractivity contribution in [3.63, 3.8) is 0 Å². The van der Waals surface area contributed by atoms with Crippen LogP contribution in [0.25, 0.3) is 10.9 Å². The molecule has 1 heterocycles. The first kappa shape index (κ1) is 13.8. The van der Waals surface area contributed by atoms with E-state index in [0.717, 1.165) is 42.3 Å². The summed E-state index contributed by atoms with van der Waals surface area (Å²) in [5, 5.41) is 10.2. The lowest BCUT2D eigenvalue weighted by molar-refractivity contribution is 0.257. The smallest absolute Gasteiger partial charge is 0.128 e. The van der Waals surface area contributed by atoms with Crippen molar-refractivity contribution in [2.24, 2.45) is 11.7 Å². The number of nitrogens with zero attached hydrogens (tertiary/aromatic N) is 2. The van der Waals surface area contributed by atoms with Crippen LogP contribution in [-0.4, -0.2) is 17.1 Å². The molecular formula is C17H19N3O. The summed E-state index contributed by atoms with van der Waals surface area (Å²) >= 11 is 0. The molecule has 3 rings (SSSR count). The summed E-state index contributed by atoms with van der Waals surface area (Å²) in [6, 6.07) is 12.1. The van der Waals surface area contributed by atoms with Crippen molar-refractivity contribution in [2.75, 3.05) is 6.61 Å². The predicted molar refractivity (Wildman–Crippen MR) is 81.7 cm³/mol. The fourth-order valence-corrected chi connectivity index (χ4v) is 3.16. The number of benzene rings is 1. The highest BCUT2D eigenvalue weighted by Gasteiger charge is 2.39. The molecule has 1 fully saturated rings. The van der Waals surface area contributed by atoms with E-state index in [1.165, 1.54) is 0 Å². The maximum Gasteiger partial charge on any atom is 0.128 e. The van der Waals surface area contributed by atoms with Crippen molar-refractivity contribution in [3.8, 4) is 11.8 Å². The first-order chi connectivity index (χ1) is 10.2. The van der Waals surface area contributed by atoms with Gasteiger partial charge in [-0.2, -0.15) is 5.26 Å². The van der Waals surface area contributed by atoms with Crippen molar-refractivity contribution in [2.45, 2.75) is 31.2 Å². The highest BCUT2D eigenvalue weighted by molar-refractivity contribution is 5.84. The molecule has 0 spiro atoms. The number of aromatic nitrogens is 1. The molecule has 21 heavy (non-hydrogen) atoms. The minimum Gasteiger partial charge on any atom is -0.493 e. The topological polar surface area (TPSA) is 71.9 Å². The van der Waals surface area contributed by atoms with Crippen LogP contribution in [0.2, 0.25) is 0 Å². The van der Waals surface area contributed by atoms with Gasteiger partial charge in [0, 0.05) is 11.6 Å². The van der Waals surface area contributed by atoms with Crippen LogP contribution < -0.4 is 10.5 Å². The molecule has 1 aromatic heterocycles. The lowest BCUT2D eigenvalue weighted by atomic mass is 9.87. The van der Waals surface area contributed by atoms with Crippen molar-refractivity contribution < 1.29 is 4.74 Å². The fourth-order valence-electron chi connectivity index (χ4n) is 3.16. The van der Waals surface area contributed by atoms with Crippen LogP contribution in [-0.2, 0) is 0 Å². The number of nitrogens with two attached hydrogens (primary N) is 1. The molecule has 2 aromatic rings. The molecule has 0 bridgehead atoms. The van der Waals surface area contributed by atoms with E-state index in [4.69, 9.17) is 10.5 Å². The number of nitriles is 1. The Bertz CT molecular complexity index is 674. The molecular weight excluding hydrogens is 262 g/mol. The Kier molecular flexibility index (Phi) is 3.76. The van der Waals surface area contributed by atoms with E-state index in [2.05, 4.69) is 11.1 Å². The first-order valence-corrected chi connectivity index (χ1v) is 7.39. The van der Waals surface area contributed by atoms with E-state index in [-0.39, 0.29) is 5.92 Å². The van der Waals surface area contributed by atoms with Crippen LogP contribution in [0.5, 0.6) is 5.75 Å². The van der Waals surface area contributed by atoms with Crippen LogP contribution in [0, 0.1) is 17.2 Å². The number of pyridine rings is 1. The molecule has 1 aliphatic rings. The lowest BCUT2D eigenvalue weighted by Crippen LogP contribution is -2.42. The normalized spacial score (nSPS) is 24.9. The number of ether oxygens (including phenoxy) is 1. The Morgan fingerprint density at radius 2 is 2.29 bits per heavy atom. The quantitative estimate of drug-likeness (QED) is 0.935. The van der Waals surface area contributed by atoms with Crippen molar-refractivity contribution in [3.05, 3.63) is 36.5 Å². The van der Waals surface area contributed by atoms with Crippen molar-refractivity contribution in [1.29, 1.82) is 5.26 Å². The van der Waals surface area contributed by atoms with Gasteiger partial charge in [0.1, 0.15) is 11.3 Å². The third-order valence-electron chi connectivity index (χ3n) is 4.41. The average molecular weight is 281 g/mol. The number of hydrogen-bond donors (Lipinski definition) is 1. The van der Waals surface area contributed by atoms with Gasteiger partial charge < -0.3 is 10.5 Å². The SMILES string of the molecule is N#CC1(N)CCCC1CCOc1cccc2ncccc12. The van der Waals surface area contributed by atoms with E-state index in [0.29, 0.717) is 6.61 Å². The molecule has 4 heteroatoms. The van der Waals surface area contributed by atoms with E-state index in [1.54, 1.807) is 6.20 Å². The van der Waals surface area contributed by atoms with Gasteiger partial charge in [0.15, 0.2) is 0 Å². The molecule has 1 aromatic carbocycles. The Hall–Kier alpha value is -2.12. The Balaban J connectivity index is 1.67. The molecule has 2 N–H and O–H groups in total. The summed E-state index contributed by atoms with van der Waals surface area (Å²) in [7, 11) is 0. The zero-order chi connectivity index (χ0) is 14.7. The number of fused-ring (bicyclic) bond motifs is 1. The minimum atomic E-state index is -0.663. The maximum absolute atomic E-state index is 9.23. The van der Waals surface area contributed by atoms with Crippen LogP contribution in [0.4, 0.5) is 0 Å². The highest BCUT2D eigenvalue weighted by atomic mass is 16.5. The summed E-state index contributed by atoms with van der Waals surface area (Å²) < 4.78 is 5.91. The maximum atomic E-state index is 9.23. The number of hydrogen-bond acceptors (Lipinski definition) is 4. The second-order valence-corrected chi connectivity index (χ2v) is 5.70. The highest BCUT2D eigenvalue weighted by Crippen LogP contribution is 2.35. The summed E-state index contributed by atoms with van der Waals surface area (Å²) in [6.07, 6.45) is 5.45. The summed E-state index contributed by atoms with van der Waals surface area (Å²) in [6.45, 7) is 0.583. The number of rotatable bonds is 4. The van der Waals surface area contributed by atoms with Gasteiger partial charge in [0.25, 0.3) is 0 Å². The van der Waals surface area contributed by atoms with Crippen molar-refractivity contribution in [1.82, 2.24) is 4.98 Å². The first-order valence-electron chi connectivity index (χ1n) is 7.39. The summed E-state index contributed by atoms with van der Waals surface area (Å²) in [5.74, 6) is 1.08. The molecule has 0 saturated heterocycles. The van der Waals surface area contributed by atoms with Gasteiger partial charge in [-0.05, 0) is 49.4 Å². The second-order valence-electron chi connectivity index (χ2n) is 5.70. The molecule has 2 unspecified atom stereocenters. The van der Waals surface area contributed by atoms with E-state index >= 15 is 0 Å². The van der Waals surface area contributed by atoms with E-state index in [9.17, 15) is 5.26 Å². The molecule has 0 amide bonds. The van der Waals surface area contributed by atoms with Crippen LogP contribution in [0.3, 0.4) is 0 Å². The van der Waals surface area contributed by atoms with Gasteiger partial charge in [-0.25, -0.2) is 0 Å². The molecule has 4 nitrogen and oxygen atoms in total. The van der Waals surface area contributed by atoms with Gasteiger partial charge in [0.2, 0.25) is 0 Å². The fraction of sp³-hybridized carbons (Fsp3) is 0.412. The zero-order valence-electron chi connectivity index (χ0n) is 12.0. The second kappa shape index (κ2) is 5.71. The molecule has 0 aliphatic heterocycles. The Morgan fingerprint density at radius 1 is 1.38 bits per heavy atom. The monoisotopic (exact) mass is 281 g/mol. The molecule has 1 aliphatic carbocycles. The average Bonchev–Trinajstić information content (AvgIpc) is 2.89. The van der Waals surface area contributed by atoms with E-state index in [1.807, 2.05) is 30.3 Å². The largest absolute Gasteiger partial charge is 0.493 e. The van der Waals surface area contributed by atoms with Gasteiger partial charge in [-0.1, -0.05) is 12.5 Å². The Morgan fingerprint density at radius 3 is 3.14 bits per heavy atom. The minimum absolute atomic E-state index is 0.232. The zero-order valence-corrected chi connectivity index (χ0v) is 12.0. The van der Waals surface area contributed by atoms with Gasteiger partial charge in [-0.15, -0.1) is 0 Å². The van der Waals surface area contributed by atoms with E-state index < -0.39 is 5.54 Å². The summed E-state index contributed by atoms with van der Waals surface area (Å²) in [4.78, 5) is 4.32. The third-order valence-corrected chi connectivity index (χ3v) is 4.41. The predicted octanol–water partition coefficient (Wildman–Crippen LogP) is 3.02. The van der Waals surface area contributed by atoms with Gasteiger partial charge >= 0.3 is 0 Å². The third kappa shape index (κ3) is 2.70. The summed E-state index contributed by atoms with van der Waals surface area (Å²) in [5.41, 5.74) is 6.41. The molecule has 1 saturated carbocycles. The standard InChI is InChI=1S/C17H19N3O/c18-12-17(19)9-2-4-13(17)8-11-21-16-7-1-6-15-14(16)5-3-10-20-15/h1,3,5-7,10,13H,2,4,8-9,11,19H2. The van der Waals surface area contributed by atoms with Gasteiger partial charge in [0.05, 0.1) is 18.2 Å². The van der Waals surface area contributed by atoms with Gasteiger partial charge in [-0.3, -0.25) is 4.98 Å². The van der Waals surface area contributed by atoms with Crippen LogP contribution in [0.1, 0.15) is 25.7 Å². The Labute approximate surface area is 124 Å². The molecule has 108 valence electrons. The van der Waals surface area contributed by atoms with Crippen LogP contribution >= 0.6 is 0 Å². The molecule has 2 atom stereocenters. The van der Waals surface area contributed by atoms with Crippen molar-refractivity contribution >= 4 is 10.9 Å². The lowest BCUT2D eigenvalue weighted by Gasteiger charge is -2.23. The van der Waals surface area contributed by atoms with Crippen LogP contribution in [0.15, 0.2) is 36.5 Å². The molecule has 0 radical (unpaired) electrons.